The Morgan fingerprint density at radius 2 is 1.13 bits per heavy atom. The Hall–Kier alpha value is -4.48. The lowest BCUT2D eigenvalue weighted by Gasteiger charge is -2.18. The highest BCUT2D eigenvalue weighted by Crippen LogP contribution is 2.32. The van der Waals surface area contributed by atoms with Crippen molar-refractivity contribution in [3.05, 3.63) is 53.6 Å². The van der Waals surface area contributed by atoms with Gasteiger partial charge in [0.15, 0.2) is 13.2 Å². The summed E-state index contributed by atoms with van der Waals surface area (Å²) in [6, 6.07) is 11.6. The van der Waals surface area contributed by atoms with Crippen molar-refractivity contribution in [3.63, 3.8) is 0 Å². The highest BCUT2D eigenvalue weighted by molar-refractivity contribution is 5.78. The number of ether oxygens (including phenoxy) is 7. The summed E-state index contributed by atoms with van der Waals surface area (Å²) in [5.74, 6) is -0.346. The third kappa shape index (κ3) is 16.0. The molecule has 0 saturated carbocycles. The van der Waals surface area contributed by atoms with Gasteiger partial charge in [-0.15, -0.1) is 0 Å². The van der Waals surface area contributed by atoms with Crippen molar-refractivity contribution in [2.45, 2.75) is 6.04 Å². The van der Waals surface area contributed by atoms with Gasteiger partial charge >= 0.3 is 0 Å². The molecule has 2 aromatic rings. The fraction of sp³-hybridized carbons (Fsp3) is 0.467. The van der Waals surface area contributed by atoms with Crippen LogP contribution in [0.2, 0.25) is 0 Å². The van der Waals surface area contributed by atoms with E-state index in [-0.39, 0.29) is 84.4 Å². The van der Waals surface area contributed by atoms with E-state index in [1.807, 2.05) is 0 Å². The summed E-state index contributed by atoms with van der Waals surface area (Å²) in [4.78, 5) is 45.3. The number of methoxy groups -OCH3 is 1. The van der Waals surface area contributed by atoms with Gasteiger partial charge in [0.05, 0.1) is 52.8 Å². The number of primary amides is 2. The maximum Gasteiger partial charge on any atom is 0.258 e. The van der Waals surface area contributed by atoms with Gasteiger partial charge in [0.2, 0.25) is 11.8 Å². The number of hydrogen-bond acceptors (Lipinski definition) is 12. The summed E-state index contributed by atoms with van der Waals surface area (Å²) >= 11 is 0. The van der Waals surface area contributed by atoms with Crippen LogP contribution in [0.5, 0.6) is 17.2 Å². The zero-order valence-corrected chi connectivity index (χ0v) is 25.8. The molecule has 1 unspecified atom stereocenters. The summed E-state index contributed by atoms with van der Waals surface area (Å²) in [6.07, 6.45) is 0. The van der Waals surface area contributed by atoms with Crippen LogP contribution in [0.25, 0.3) is 0 Å². The molecule has 16 heteroatoms. The van der Waals surface area contributed by atoms with Crippen molar-refractivity contribution >= 4 is 23.6 Å². The number of hydrogen-bond donors (Lipinski definition) is 5. The van der Waals surface area contributed by atoms with Crippen LogP contribution in [0.3, 0.4) is 0 Å². The van der Waals surface area contributed by atoms with Gasteiger partial charge in [-0.25, -0.2) is 0 Å². The molecule has 1 atom stereocenters. The molecule has 46 heavy (non-hydrogen) atoms. The standard InChI is InChI=1S/C30H43N5O11/c1-40-25-16-23(46-20-29(39)35-9-11-42-13-15-44-18-27(32)37)6-7-24(25)30(33)21-2-4-22(5-3-21)45-19-28(38)34-8-10-41-12-14-43-17-26(31)36/h2-7,16,30H,8-15,17-20,33H2,1H3,(H2,31,36)(H2,32,37)(H,34,38)(H,35,39). The Morgan fingerprint density at radius 1 is 0.652 bits per heavy atom. The van der Waals surface area contributed by atoms with E-state index in [4.69, 9.17) is 50.4 Å². The zero-order valence-electron chi connectivity index (χ0n) is 25.8. The van der Waals surface area contributed by atoms with Gasteiger partial charge in [-0.05, 0) is 29.8 Å². The number of benzene rings is 2. The molecule has 0 fully saturated rings. The minimum Gasteiger partial charge on any atom is -0.496 e. The van der Waals surface area contributed by atoms with Crippen LogP contribution in [-0.2, 0) is 38.1 Å². The van der Waals surface area contributed by atoms with Gasteiger partial charge in [0.1, 0.15) is 30.5 Å². The molecule has 0 aliphatic rings. The lowest BCUT2D eigenvalue weighted by Crippen LogP contribution is -2.32. The number of amides is 4. The monoisotopic (exact) mass is 649 g/mol. The van der Waals surface area contributed by atoms with Gasteiger partial charge in [-0.3, -0.25) is 19.2 Å². The van der Waals surface area contributed by atoms with E-state index in [1.165, 1.54) is 7.11 Å². The first-order valence-corrected chi connectivity index (χ1v) is 14.4. The summed E-state index contributed by atoms with van der Waals surface area (Å²) < 4.78 is 37.2. The van der Waals surface area contributed by atoms with Crippen LogP contribution in [0.1, 0.15) is 17.2 Å². The molecule has 0 aliphatic heterocycles. The first-order valence-electron chi connectivity index (χ1n) is 14.4. The summed E-state index contributed by atoms with van der Waals surface area (Å²) in [5.41, 5.74) is 17.9. The van der Waals surface area contributed by atoms with E-state index >= 15 is 0 Å². The minimum absolute atomic E-state index is 0.162. The van der Waals surface area contributed by atoms with E-state index in [9.17, 15) is 19.2 Å². The average molecular weight is 650 g/mol. The molecule has 2 rings (SSSR count). The molecule has 0 spiro atoms. The second kappa shape index (κ2) is 22.1. The van der Waals surface area contributed by atoms with Crippen LogP contribution in [0.4, 0.5) is 0 Å². The van der Waals surface area contributed by atoms with E-state index in [0.717, 1.165) is 5.56 Å². The Labute approximate surface area is 267 Å². The number of nitrogens with one attached hydrogen (secondary N) is 2. The highest BCUT2D eigenvalue weighted by atomic mass is 16.5. The van der Waals surface area contributed by atoms with Crippen LogP contribution >= 0.6 is 0 Å². The molecule has 16 nitrogen and oxygen atoms in total. The van der Waals surface area contributed by atoms with Gasteiger partial charge in [-0.1, -0.05) is 12.1 Å². The largest absolute Gasteiger partial charge is 0.496 e. The van der Waals surface area contributed by atoms with Crippen molar-refractivity contribution in [2.75, 3.05) is 86.3 Å². The lowest BCUT2D eigenvalue weighted by atomic mass is 9.98. The maximum atomic E-state index is 12.1. The second-order valence-electron chi connectivity index (χ2n) is 9.49. The SMILES string of the molecule is COc1cc(OCC(=O)NCCOCCOCC(N)=O)ccc1C(N)c1ccc(OCC(=O)NCCOCCOCC(N)=O)cc1. The molecule has 4 amide bonds. The van der Waals surface area contributed by atoms with Gasteiger partial charge in [0, 0.05) is 24.7 Å². The number of rotatable bonds is 25. The van der Waals surface area contributed by atoms with Gasteiger partial charge < -0.3 is 61.0 Å². The molecular formula is C30H43N5O11. The zero-order chi connectivity index (χ0) is 33.6. The summed E-state index contributed by atoms with van der Waals surface area (Å²) in [5, 5.41) is 5.35. The van der Waals surface area contributed by atoms with E-state index < -0.39 is 17.9 Å². The third-order valence-corrected chi connectivity index (χ3v) is 5.89. The van der Waals surface area contributed by atoms with Crippen molar-refractivity contribution in [2.24, 2.45) is 17.2 Å². The highest BCUT2D eigenvalue weighted by Gasteiger charge is 2.16. The third-order valence-electron chi connectivity index (χ3n) is 5.89. The molecule has 254 valence electrons. The van der Waals surface area contributed by atoms with E-state index in [1.54, 1.807) is 42.5 Å². The maximum absolute atomic E-state index is 12.1. The molecule has 0 heterocycles. The topological polar surface area (TPSA) is 235 Å². The molecule has 0 aliphatic carbocycles. The van der Waals surface area contributed by atoms with Crippen LogP contribution in [0, 0.1) is 0 Å². The van der Waals surface area contributed by atoms with Crippen LogP contribution in [-0.4, -0.2) is 110 Å². The van der Waals surface area contributed by atoms with Crippen molar-refractivity contribution in [1.82, 2.24) is 10.6 Å². The molecule has 2 aromatic carbocycles. The van der Waals surface area contributed by atoms with Crippen LogP contribution < -0.4 is 42.0 Å². The first-order chi connectivity index (χ1) is 22.2. The summed E-state index contributed by atoms with van der Waals surface area (Å²) in [7, 11) is 1.51. The Bertz CT molecular complexity index is 1230. The normalized spacial score (nSPS) is 11.3. The van der Waals surface area contributed by atoms with E-state index in [2.05, 4.69) is 10.6 Å². The number of carbonyl (C=O) groups is 4. The van der Waals surface area contributed by atoms with Crippen LogP contribution in [0.15, 0.2) is 42.5 Å². The number of nitrogens with two attached hydrogens (primary N) is 3. The fourth-order valence-corrected chi connectivity index (χ4v) is 3.70. The quantitative estimate of drug-likeness (QED) is 0.0796. The average Bonchev–Trinajstić information content (AvgIpc) is 3.04. The Balaban J connectivity index is 1.71. The van der Waals surface area contributed by atoms with Gasteiger partial charge in [-0.2, -0.15) is 0 Å². The molecule has 0 bridgehead atoms. The molecule has 0 saturated heterocycles. The lowest BCUT2D eigenvalue weighted by molar-refractivity contribution is -0.124. The number of carbonyl (C=O) groups excluding carboxylic acids is 4. The van der Waals surface area contributed by atoms with Gasteiger partial charge in [0.25, 0.3) is 11.8 Å². The smallest absolute Gasteiger partial charge is 0.258 e. The molecule has 8 N–H and O–H groups in total. The molecule has 0 aromatic heterocycles. The fourth-order valence-electron chi connectivity index (χ4n) is 3.70. The molecule has 0 radical (unpaired) electrons. The van der Waals surface area contributed by atoms with Crippen molar-refractivity contribution in [1.29, 1.82) is 0 Å². The summed E-state index contributed by atoms with van der Waals surface area (Å²) in [6.45, 7) is 1.39. The Kier molecular flexibility index (Phi) is 18.1. The van der Waals surface area contributed by atoms with Crippen molar-refractivity contribution in [3.8, 4) is 17.2 Å². The minimum atomic E-state index is -0.552. The second-order valence-corrected chi connectivity index (χ2v) is 9.49. The molecular weight excluding hydrogens is 606 g/mol. The Morgan fingerprint density at radius 3 is 1.63 bits per heavy atom. The predicted molar refractivity (Wildman–Crippen MR) is 164 cm³/mol. The first kappa shape index (κ1) is 37.7. The van der Waals surface area contributed by atoms with Crippen molar-refractivity contribution < 1.29 is 52.3 Å². The predicted octanol–water partition coefficient (Wildman–Crippen LogP) is -1.23. The van der Waals surface area contributed by atoms with E-state index in [0.29, 0.717) is 29.4 Å².